The Kier molecular flexibility index (Phi) is 5.64. The van der Waals surface area contributed by atoms with E-state index in [1.807, 2.05) is 0 Å². The molecule has 0 spiro atoms. The largest absolute Gasteiger partial charge is 0.490 e. The van der Waals surface area contributed by atoms with Gasteiger partial charge in [0.15, 0.2) is 0 Å². The highest BCUT2D eigenvalue weighted by atomic mass is 35.5. The van der Waals surface area contributed by atoms with Crippen molar-refractivity contribution in [1.82, 2.24) is 5.32 Å². The highest BCUT2D eigenvalue weighted by molar-refractivity contribution is 6.32. The van der Waals surface area contributed by atoms with Crippen molar-refractivity contribution < 1.29 is 14.3 Å². The summed E-state index contributed by atoms with van der Waals surface area (Å²) in [5.74, 6) is 0.562. The number of halogens is 1. The number of carbonyl (C=O) groups is 1. The SMILES string of the molecule is COCCOc1ccc(NC(=O)C2CCCN2)cc1Cl. The van der Waals surface area contributed by atoms with Crippen LogP contribution in [0.25, 0.3) is 0 Å². The van der Waals surface area contributed by atoms with Crippen LogP contribution in [0.2, 0.25) is 5.02 Å². The molecule has 1 aromatic carbocycles. The van der Waals surface area contributed by atoms with Crippen molar-refractivity contribution in [3.05, 3.63) is 23.2 Å². The van der Waals surface area contributed by atoms with Gasteiger partial charge in [0.1, 0.15) is 12.4 Å². The number of methoxy groups -OCH3 is 1. The summed E-state index contributed by atoms with van der Waals surface area (Å²) in [4.78, 5) is 12.0. The lowest BCUT2D eigenvalue weighted by Gasteiger charge is -2.13. The van der Waals surface area contributed by atoms with Gasteiger partial charge >= 0.3 is 0 Å². The molecule has 1 fully saturated rings. The van der Waals surface area contributed by atoms with Crippen molar-refractivity contribution in [3.63, 3.8) is 0 Å². The van der Waals surface area contributed by atoms with E-state index in [1.54, 1.807) is 25.3 Å². The molecule has 1 amide bonds. The van der Waals surface area contributed by atoms with Gasteiger partial charge < -0.3 is 20.1 Å². The number of rotatable bonds is 6. The van der Waals surface area contributed by atoms with Crippen molar-refractivity contribution in [2.75, 3.05) is 32.2 Å². The van der Waals surface area contributed by atoms with E-state index >= 15 is 0 Å². The van der Waals surface area contributed by atoms with Crippen molar-refractivity contribution in [2.24, 2.45) is 0 Å². The minimum atomic E-state index is -0.105. The molecule has 6 heteroatoms. The third kappa shape index (κ3) is 4.10. The normalized spacial score (nSPS) is 18.0. The number of ether oxygens (including phenoxy) is 2. The number of nitrogens with one attached hydrogen (secondary N) is 2. The monoisotopic (exact) mass is 298 g/mol. The molecular formula is C14H19ClN2O3. The number of benzene rings is 1. The predicted molar refractivity (Wildman–Crippen MR) is 78.5 cm³/mol. The predicted octanol–water partition coefficient (Wildman–Crippen LogP) is 2.06. The van der Waals surface area contributed by atoms with Crippen LogP contribution in [0.5, 0.6) is 5.75 Å². The lowest BCUT2D eigenvalue weighted by atomic mass is 10.2. The Labute approximate surface area is 123 Å². The Hall–Kier alpha value is -1.30. The highest BCUT2D eigenvalue weighted by Crippen LogP contribution is 2.27. The molecule has 5 nitrogen and oxygen atoms in total. The van der Waals surface area contributed by atoms with Gasteiger partial charge in [0.2, 0.25) is 5.91 Å². The Morgan fingerprint density at radius 3 is 3.00 bits per heavy atom. The van der Waals surface area contributed by atoms with E-state index in [-0.39, 0.29) is 11.9 Å². The third-order valence-corrected chi connectivity index (χ3v) is 3.42. The van der Waals surface area contributed by atoms with Gasteiger partial charge in [0.25, 0.3) is 0 Å². The maximum atomic E-state index is 12.0. The van der Waals surface area contributed by atoms with E-state index in [2.05, 4.69) is 10.6 Å². The Morgan fingerprint density at radius 1 is 1.50 bits per heavy atom. The molecule has 0 saturated carbocycles. The van der Waals surface area contributed by atoms with Crippen LogP contribution in [-0.4, -0.2) is 38.8 Å². The van der Waals surface area contributed by atoms with E-state index in [1.165, 1.54) is 0 Å². The number of amides is 1. The first-order chi connectivity index (χ1) is 9.70. The summed E-state index contributed by atoms with van der Waals surface area (Å²) in [5, 5.41) is 6.48. The zero-order chi connectivity index (χ0) is 14.4. The van der Waals surface area contributed by atoms with Gasteiger partial charge in [-0.3, -0.25) is 4.79 Å². The lowest BCUT2D eigenvalue weighted by molar-refractivity contribution is -0.117. The first-order valence-electron chi connectivity index (χ1n) is 6.66. The van der Waals surface area contributed by atoms with Crippen LogP contribution in [0.15, 0.2) is 18.2 Å². The fourth-order valence-corrected chi connectivity index (χ4v) is 2.30. The molecule has 1 atom stereocenters. The number of carbonyl (C=O) groups excluding carboxylic acids is 1. The van der Waals surface area contributed by atoms with Crippen LogP contribution in [0.1, 0.15) is 12.8 Å². The van der Waals surface area contributed by atoms with Gasteiger partial charge in [0.05, 0.1) is 17.7 Å². The lowest BCUT2D eigenvalue weighted by Crippen LogP contribution is -2.35. The molecule has 0 radical (unpaired) electrons. The second-order valence-corrected chi connectivity index (χ2v) is 5.03. The Morgan fingerprint density at radius 2 is 2.35 bits per heavy atom. The van der Waals surface area contributed by atoms with Crippen molar-refractivity contribution >= 4 is 23.2 Å². The zero-order valence-electron chi connectivity index (χ0n) is 11.4. The standard InChI is InChI=1S/C14H19ClN2O3/c1-19-7-8-20-13-5-4-10(9-11(13)15)17-14(18)12-3-2-6-16-12/h4-5,9,12,16H,2-3,6-8H2,1H3,(H,17,18). The third-order valence-electron chi connectivity index (χ3n) is 3.12. The second kappa shape index (κ2) is 7.47. The van der Waals surface area contributed by atoms with E-state index in [9.17, 15) is 4.79 Å². The molecule has 110 valence electrons. The summed E-state index contributed by atoms with van der Waals surface area (Å²) in [6, 6.07) is 5.11. The number of anilines is 1. The van der Waals surface area contributed by atoms with Crippen LogP contribution in [0.3, 0.4) is 0 Å². The van der Waals surface area contributed by atoms with E-state index < -0.39 is 0 Å². The molecule has 2 rings (SSSR count). The van der Waals surface area contributed by atoms with Crippen LogP contribution >= 0.6 is 11.6 Å². The molecule has 0 aromatic heterocycles. The average molecular weight is 299 g/mol. The molecule has 1 unspecified atom stereocenters. The zero-order valence-corrected chi connectivity index (χ0v) is 12.2. The summed E-state index contributed by atoms with van der Waals surface area (Å²) in [6.07, 6.45) is 1.91. The average Bonchev–Trinajstić information content (AvgIpc) is 2.95. The molecular weight excluding hydrogens is 280 g/mol. The molecule has 2 N–H and O–H groups in total. The smallest absolute Gasteiger partial charge is 0.241 e. The van der Waals surface area contributed by atoms with Crippen LogP contribution < -0.4 is 15.4 Å². The van der Waals surface area contributed by atoms with E-state index in [0.29, 0.717) is 29.7 Å². The fourth-order valence-electron chi connectivity index (χ4n) is 2.07. The molecule has 1 heterocycles. The molecule has 0 aliphatic carbocycles. The van der Waals surface area contributed by atoms with Gasteiger partial charge in [0, 0.05) is 12.8 Å². The van der Waals surface area contributed by atoms with Crippen LogP contribution in [-0.2, 0) is 9.53 Å². The first-order valence-corrected chi connectivity index (χ1v) is 7.04. The summed E-state index contributed by atoms with van der Waals surface area (Å²) in [7, 11) is 1.61. The molecule has 20 heavy (non-hydrogen) atoms. The molecule has 1 aliphatic heterocycles. The quantitative estimate of drug-likeness (QED) is 0.789. The van der Waals surface area contributed by atoms with Gasteiger partial charge in [-0.05, 0) is 37.6 Å². The molecule has 1 saturated heterocycles. The summed E-state index contributed by atoms with van der Waals surface area (Å²) >= 11 is 6.12. The van der Waals surface area contributed by atoms with Crippen LogP contribution in [0.4, 0.5) is 5.69 Å². The van der Waals surface area contributed by atoms with E-state index in [4.69, 9.17) is 21.1 Å². The molecule has 1 aliphatic rings. The van der Waals surface area contributed by atoms with Gasteiger partial charge in [-0.2, -0.15) is 0 Å². The van der Waals surface area contributed by atoms with Gasteiger partial charge in [-0.1, -0.05) is 11.6 Å². The van der Waals surface area contributed by atoms with E-state index in [0.717, 1.165) is 19.4 Å². The summed E-state index contributed by atoms with van der Waals surface area (Å²) in [6.45, 7) is 1.83. The van der Waals surface area contributed by atoms with Crippen molar-refractivity contribution in [1.29, 1.82) is 0 Å². The summed E-state index contributed by atoms with van der Waals surface area (Å²) < 4.78 is 10.4. The van der Waals surface area contributed by atoms with Crippen molar-refractivity contribution in [2.45, 2.75) is 18.9 Å². The molecule has 1 aromatic rings. The first kappa shape index (κ1) is 15.1. The van der Waals surface area contributed by atoms with Crippen LogP contribution in [0, 0.1) is 0 Å². The Balaban J connectivity index is 1.92. The number of hydrogen-bond donors (Lipinski definition) is 2. The Bertz CT molecular complexity index is 462. The van der Waals surface area contributed by atoms with Crippen molar-refractivity contribution in [3.8, 4) is 5.75 Å². The second-order valence-electron chi connectivity index (χ2n) is 4.62. The minimum Gasteiger partial charge on any atom is -0.490 e. The maximum Gasteiger partial charge on any atom is 0.241 e. The summed E-state index contributed by atoms with van der Waals surface area (Å²) in [5.41, 5.74) is 0.674. The fraction of sp³-hybridized carbons (Fsp3) is 0.500. The topological polar surface area (TPSA) is 59.6 Å². The minimum absolute atomic E-state index is 0.0216. The van der Waals surface area contributed by atoms with Gasteiger partial charge in [-0.25, -0.2) is 0 Å². The maximum absolute atomic E-state index is 12.0. The number of hydrogen-bond acceptors (Lipinski definition) is 4. The molecule has 0 bridgehead atoms. The van der Waals surface area contributed by atoms with Gasteiger partial charge in [-0.15, -0.1) is 0 Å². The highest BCUT2D eigenvalue weighted by Gasteiger charge is 2.22.